The van der Waals surface area contributed by atoms with Gasteiger partial charge in [0.15, 0.2) is 5.75 Å². The fourth-order valence-corrected chi connectivity index (χ4v) is 4.51. The molecule has 23 heavy (non-hydrogen) atoms. The lowest BCUT2D eigenvalue weighted by atomic mass is 9.87. The van der Waals surface area contributed by atoms with Gasteiger partial charge in [-0.15, -0.1) is 0 Å². The number of nitrogens with two attached hydrogens (primary N) is 2. The van der Waals surface area contributed by atoms with Crippen LogP contribution in [-0.2, 0) is 0 Å². The summed E-state index contributed by atoms with van der Waals surface area (Å²) >= 11 is 5.89. The van der Waals surface area contributed by atoms with Crippen LogP contribution in [0.4, 0.5) is 5.69 Å². The first-order valence-electron chi connectivity index (χ1n) is 7.50. The molecule has 4 N–H and O–H groups in total. The summed E-state index contributed by atoms with van der Waals surface area (Å²) in [7, 11) is 1.66. The normalized spacial score (nSPS) is 20.2. The van der Waals surface area contributed by atoms with Gasteiger partial charge in [-0.1, -0.05) is 6.42 Å². The van der Waals surface area contributed by atoms with Crippen LogP contribution in [0.25, 0.3) is 0 Å². The van der Waals surface area contributed by atoms with E-state index < -0.39 is 5.66 Å². The zero-order valence-electron chi connectivity index (χ0n) is 12.9. The Labute approximate surface area is 157 Å². The van der Waals surface area contributed by atoms with E-state index in [9.17, 15) is 0 Å². The molecule has 1 aliphatic carbocycles. The second kappa shape index (κ2) is 6.46. The van der Waals surface area contributed by atoms with Gasteiger partial charge in [0, 0.05) is 4.47 Å². The first kappa shape index (κ1) is 16.8. The molecule has 0 aromatic heterocycles. The molecule has 0 saturated heterocycles. The SMILES string of the molecule is COc1c(I)ccc(Br)c1N1C(N)=NC(N)=NC12CCCCC2. The van der Waals surface area contributed by atoms with Crippen LogP contribution < -0.4 is 21.1 Å². The number of aliphatic imine (C=N–C) groups is 2. The average molecular weight is 492 g/mol. The van der Waals surface area contributed by atoms with Gasteiger partial charge in [0.2, 0.25) is 11.9 Å². The van der Waals surface area contributed by atoms with Crippen molar-refractivity contribution < 1.29 is 4.74 Å². The van der Waals surface area contributed by atoms with Crippen LogP contribution in [0.3, 0.4) is 0 Å². The zero-order chi connectivity index (χ0) is 16.6. The van der Waals surface area contributed by atoms with Crippen molar-refractivity contribution in [2.75, 3.05) is 12.0 Å². The largest absolute Gasteiger partial charge is 0.493 e. The van der Waals surface area contributed by atoms with E-state index in [1.165, 1.54) is 6.42 Å². The topological polar surface area (TPSA) is 89.2 Å². The fraction of sp³-hybridized carbons (Fsp3) is 0.467. The Morgan fingerprint density at radius 2 is 1.96 bits per heavy atom. The molecule has 0 atom stereocenters. The highest BCUT2D eigenvalue weighted by Crippen LogP contribution is 2.47. The third kappa shape index (κ3) is 2.90. The van der Waals surface area contributed by atoms with Crippen LogP contribution in [0.1, 0.15) is 32.1 Å². The van der Waals surface area contributed by atoms with E-state index in [4.69, 9.17) is 21.2 Å². The maximum atomic E-state index is 6.29. The van der Waals surface area contributed by atoms with Gasteiger partial charge in [-0.2, -0.15) is 4.99 Å². The molecule has 6 nitrogen and oxygen atoms in total. The highest BCUT2D eigenvalue weighted by atomic mass is 127. The number of benzene rings is 1. The van der Waals surface area contributed by atoms with Crippen molar-refractivity contribution in [3.63, 3.8) is 0 Å². The number of nitrogens with zero attached hydrogens (tertiary/aromatic N) is 3. The molecule has 1 aromatic rings. The van der Waals surface area contributed by atoms with E-state index in [2.05, 4.69) is 43.5 Å². The Hall–Kier alpha value is -1.03. The van der Waals surface area contributed by atoms with E-state index in [-0.39, 0.29) is 5.96 Å². The molecule has 1 fully saturated rings. The first-order chi connectivity index (χ1) is 11.0. The maximum absolute atomic E-state index is 6.29. The standard InChI is InChI=1S/C15H19BrIN5O/c1-23-12-10(17)6-5-9(16)11(12)22-14(19)20-13(18)21-15(22)7-3-2-4-8-15/h5-6H,2-4,7-8H2,1H3,(H4,18,19,20,21). The third-order valence-corrected chi connectivity index (χ3v) is 5.80. The highest BCUT2D eigenvalue weighted by Gasteiger charge is 2.44. The van der Waals surface area contributed by atoms with Gasteiger partial charge in [0.05, 0.1) is 10.7 Å². The molecule has 0 radical (unpaired) electrons. The number of hydrogen-bond donors (Lipinski definition) is 2. The lowest BCUT2D eigenvalue weighted by molar-refractivity contribution is 0.302. The molecule has 0 bridgehead atoms. The summed E-state index contributed by atoms with van der Waals surface area (Å²) in [6.07, 6.45) is 5.16. The van der Waals surface area contributed by atoms with Gasteiger partial charge in [-0.05, 0) is 76.3 Å². The second-order valence-electron chi connectivity index (χ2n) is 5.73. The van der Waals surface area contributed by atoms with Crippen LogP contribution in [-0.4, -0.2) is 24.7 Å². The van der Waals surface area contributed by atoms with E-state index in [0.29, 0.717) is 5.96 Å². The molecular formula is C15H19BrIN5O. The number of ether oxygens (including phenoxy) is 1. The molecule has 8 heteroatoms. The quantitative estimate of drug-likeness (QED) is 0.622. The summed E-state index contributed by atoms with van der Waals surface area (Å²) in [5.74, 6) is 1.38. The Balaban J connectivity index is 2.20. The highest BCUT2D eigenvalue weighted by molar-refractivity contribution is 14.1. The summed E-state index contributed by atoms with van der Waals surface area (Å²) in [4.78, 5) is 10.9. The monoisotopic (exact) mass is 491 g/mol. The molecule has 1 heterocycles. The third-order valence-electron chi connectivity index (χ3n) is 4.31. The molecular weight excluding hydrogens is 473 g/mol. The van der Waals surface area contributed by atoms with Gasteiger partial charge >= 0.3 is 0 Å². The minimum absolute atomic E-state index is 0.251. The molecule has 1 spiro atoms. The smallest absolute Gasteiger partial charge is 0.220 e. The van der Waals surface area contributed by atoms with Crippen molar-refractivity contribution >= 4 is 56.1 Å². The summed E-state index contributed by atoms with van der Waals surface area (Å²) in [6, 6.07) is 3.99. The van der Waals surface area contributed by atoms with Crippen molar-refractivity contribution in [3.8, 4) is 5.75 Å². The predicted molar refractivity (Wildman–Crippen MR) is 105 cm³/mol. The van der Waals surface area contributed by atoms with E-state index in [1.807, 2.05) is 17.0 Å². The van der Waals surface area contributed by atoms with E-state index in [0.717, 1.165) is 45.2 Å². The van der Waals surface area contributed by atoms with Gasteiger partial charge in [-0.3, -0.25) is 4.90 Å². The zero-order valence-corrected chi connectivity index (χ0v) is 16.6. The van der Waals surface area contributed by atoms with Crippen LogP contribution in [0.15, 0.2) is 26.6 Å². The lowest BCUT2D eigenvalue weighted by Crippen LogP contribution is -2.58. The molecule has 124 valence electrons. The number of hydrogen-bond acceptors (Lipinski definition) is 6. The maximum Gasteiger partial charge on any atom is 0.220 e. The van der Waals surface area contributed by atoms with Crippen molar-refractivity contribution in [3.05, 3.63) is 20.2 Å². The molecule has 1 aromatic carbocycles. The van der Waals surface area contributed by atoms with Gasteiger partial charge in [-0.25, -0.2) is 4.99 Å². The van der Waals surface area contributed by atoms with E-state index >= 15 is 0 Å². The van der Waals surface area contributed by atoms with Crippen LogP contribution in [0.2, 0.25) is 0 Å². The lowest BCUT2D eigenvalue weighted by Gasteiger charge is -2.46. The molecule has 0 amide bonds. The number of anilines is 1. The number of halogens is 2. The Bertz CT molecular complexity index is 685. The van der Waals surface area contributed by atoms with Crippen LogP contribution in [0.5, 0.6) is 5.75 Å². The van der Waals surface area contributed by atoms with Crippen LogP contribution >= 0.6 is 38.5 Å². The second-order valence-corrected chi connectivity index (χ2v) is 7.75. The van der Waals surface area contributed by atoms with Crippen molar-refractivity contribution in [2.24, 2.45) is 21.5 Å². The molecule has 1 aliphatic heterocycles. The number of methoxy groups -OCH3 is 1. The minimum Gasteiger partial charge on any atom is -0.493 e. The van der Waals surface area contributed by atoms with Crippen molar-refractivity contribution in [2.45, 2.75) is 37.8 Å². The molecule has 0 unspecified atom stereocenters. The molecule has 2 aliphatic rings. The number of guanidine groups is 2. The van der Waals surface area contributed by atoms with Crippen molar-refractivity contribution in [1.82, 2.24) is 0 Å². The van der Waals surface area contributed by atoms with Crippen LogP contribution in [0, 0.1) is 3.57 Å². The minimum atomic E-state index is -0.478. The fourth-order valence-electron chi connectivity index (χ4n) is 3.37. The Morgan fingerprint density at radius 1 is 1.26 bits per heavy atom. The molecule has 3 rings (SSSR count). The molecule has 1 saturated carbocycles. The Kier molecular flexibility index (Phi) is 4.73. The number of rotatable bonds is 2. The average Bonchev–Trinajstić information content (AvgIpc) is 2.51. The summed E-state index contributed by atoms with van der Waals surface area (Å²) in [5, 5.41) is 0. The first-order valence-corrected chi connectivity index (χ1v) is 9.37. The summed E-state index contributed by atoms with van der Waals surface area (Å²) in [5.41, 5.74) is 12.6. The van der Waals surface area contributed by atoms with Gasteiger partial charge in [0.1, 0.15) is 11.4 Å². The van der Waals surface area contributed by atoms with Crippen molar-refractivity contribution in [1.29, 1.82) is 0 Å². The predicted octanol–water partition coefficient (Wildman–Crippen LogP) is 3.17. The van der Waals surface area contributed by atoms with Gasteiger partial charge in [0.25, 0.3) is 0 Å². The van der Waals surface area contributed by atoms with E-state index in [1.54, 1.807) is 7.11 Å². The summed E-state index contributed by atoms with van der Waals surface area (Å²) in [6.45, 7) is 0. The van der Waals surface area contributed by atoms with Gasteiger partial charge < -0.3 is 16.2 Å². The summed E-state index contributed by atoms with van der Waals surface area (Å²) < 4.78 is 7.55. The Morgan fingerprint density at radius 3 is 2.61 bits per heavy atom.